The lowest BCUT2D eigenvalue weighted by molar-refractivity contribution is 0.311. The van der Waals surface area contributed by atoms with Crippen molar-refractivity contribution in [2.75, 3.05) is 13.2 Å². The minimum atomic E-state index is 0.289. The molecular weight excluding hydrogens is 270 g/mol. The van der Waals surface area contributed by atoms with Gasteiger partial charge < -0.3 is 10.1 Å². The number of hydrogen-bond donors (Lipinski definition) is 1. The number of nitrogens with one attached hydrogen (secondary N) is 1. The average Bonchev–Trinajstić information content (AvgIpc) is 2.55. The molecule has 118 valence electrons. The Bertz CT molecular complexity index is 579. The minimum absolute atomic E-state index is 0.289. The van der Waals surface area contributed by atoms with Crippen molar-refractivity contribution in [1.82, 2.24) is 5.32 Å². The summed E-state index contributed by atoms with van der Waals surface area (Å²) in [4.78, 5) is 0. The van der Waals surface area contributed by atoms with Crippen molar-refractivity contribution in [3.63, 3.8) is 0 Å². The summed E-state index contributed by atoms with van der Waals surface area (Å²) in [6.07, 6.45) is 2.08. The number of rotatable bonds is 8. The van der Waals surface area contributed by atoms with Gasteiger partial charge in [-0.25, -0.2) is 0 Å². The molecule has 0 spiro atoms. The third kappa shape index (κ3) is 4.60. The van der Waals surface area contributed by atoms with E-state index in [1.54, 1.807) is 0 Å². The van der Waals surface area contributed by atoms with Gasteiger partial charge in [-0.2, -0.15) is 0 Å². The molecule has 1 unspecified atom stereocenters. The Labute approximate surface area is 134 Å². The normalized spacial score (nSPS) is 12.1. The molecule has 1 atom stereocenters. The highest BCUT2D eigenvalue weighted by molar-refractivity contribution is 5.35. The van der Waals surface area contributed by atoms with E-state index in [9.17, 15) is 0 Å². The van der Waals surface area contributed by atoms with Crippen molar-refractivity contribution >= 4 is 0 Å². The molecule has 1 N–H and O–H groups in total. The maximum absolute atomic E-state index is 5.85. The highest BCUT2D eigenvalue weighted by atomic mass is 16.5. The summed E-state index contributed by atoms with van der Waals surface area (Å²) in [7, 11) is 0. The highest BCUT2D eigenvalue weighted by Crippen LogP contribution is 2.25. The van der Waals surface area contributed by atoms with E-state index in [2.05, 4.69) is 68.6 Å². The fourth-order valence-corrected chi connectivity index (χ4v) is 2.61. The topological polar surface area (TPSA) is 21.3 Å². The van der Waals surface area contributed by atoms with Crippen molar-refractivity contribution in [2.45, 2.75) is 39.7 Å². The Morgan fingerprint density at radius 1 is 1.05 bits per heavy atom. The number of aryl methyl sites for hydroxylation is 1. The summed E-state index contributed by atoms with van der Waals surface area (Å²) >= 11 is 0. The second kappa shape index (κ2) is 8.60. The fourth-order valence-electron chi connectivity index (χ4n) is 2.61. The van der Waals surface area contributed by atoms with Crippen LogP contribution in [0.5, 0.6) is 5.75 Å². The van der Waals surface area contributed by atoms with Gasteiger partial charge >= 0.3 is 0 Å². The van der Waals surface area contributed by atoms with Gasteiger partial charge in [-0.1, -0.05) is 49.4 Å². The Morgan fingerprint density at radius 3 is 2.55 bits per heavy atom. The predicted molar refractivity (Wildman–Crippen MR) is 93.5 cm³/mol. The molecule has 0 aliphatic carbocycles. The maximum atomic E-state index is 5.85. The second-order valence-corrected chi connectivity index (χ2v) is 5.74. The lowest BCUT2D eigenvalue weighted by Gasteiger charge is -2.18. The van der Waals surface area contributed by atoms with Crippen molar-refractivity contribution in [2.24, 2.45) is 0 Å². The molecule has 0 saturated carbocycles. The molecule has 0 heterocycles. The predicted octanol–water partition coefficient (Wildman–Crippen LogP) is 4.68. The van der Waals surface area contributed by atoms with E-state index >= 15 is 0 Å². The molecule has 0 aliphatic rings. The van der Waals surface area contributed by atoms with Gasteiger partial charge in [-0.15, -0.1) is 0 Å². The number of hydrogen-bond acceptors (Lipinski definition) is 2. The molecule has 0 fully saturated rings. The molecule has 0 aromatic heterocycles. The van der Waals surface area contributed by atoms with Gasteiger partial charge in [0.05, 0.1) is 6.61 Å². The quantitative estimate of drug-likeness (QED) is 0.764. The SMILES string of the molecule is CCCOc1ccccc1C(C)NCCc1ccccc1C. The largest absolute Gasteiger partial charge is 0.493 e. The van der Waals surface area contributed by atoms with Crippen molar-refractivity contribution < 1.29 is 4.74 Å². The molecule has 2 aromatic rings. The van der Waals surface area contributed by atoms with Gasteiger partial charge in [-0.05, 0) is 50.4 Å². The van der Waals surface area contributed by atoms with Crippen LogP contribution in [-0.4, -0.2) is 13.2 Å². The van der Waals surface area contributed by atoms with E-state index in [-0.39, 0.29) is 6.04 Å². The first kappa shape index (κ1) is 16.6. The summed E-state index contributed by atoms with van der Waals surface area (Å²) in [5.74, 6) is 1.00. The number of benzene rings is 2. The first-order valence-corrected chi connectivity index (χ1v) is 8.22. The van der Waals surface area contributed by atoms with Crippen molar-refractivity contribution in [3.05, 3.63) is 65.2 Å². The first-order chi connectivity index (χ1) is 10.7. The molecule has 0 aliphatic heterocycles. The van der Waals surface area contributed by atoms with E-state index in [0.29, 0.717) is 0 Å². The monoisotopic (exact) mass is 297 g/mol. The fraction of sp³-hybridized carbons (Fsp3) is 0.400. The number of ether oxygens (including phenoxy) is 1. The van der Waals surface area contributed by atoms with E-state index < -0.39 is 0 Å². The summed E-state index contributed by atoms with van der Waals surface area (Å²) in [5, 5.41) is 3.61. The zero-order valence-corrected chi connectivity index (χ0v) is 13.9. The summed E-state index contributed by atoms with van der Waals surface area (Å²) < 4.78 is 5.85. The van der Waals surface area contributed by atoms with Gasteiger partial charge in [0.15, 0.2) is 0 Å². The summed E-state index contributed by atoms with van der Waals surface area (Å²) in [5.41, 5.74) is 4.02. The number of para-hydroxylation sites is 1. The summed E-state index contributed by atoms with van der Waals surface area (Å²) in [6, 6.07) is 17.2. The zero-order chi connectivity index (χ0) is 15.8. The minimum Gasteiger partial charge on any atom is -0.493 e. The van der Waals surface area contributed by atoms with Crippen LogP contribution in [-0.2, 0) is 6.42 Å². The molecule has 2 heteroatoms. The van der Waals surface area contributed by atoms with E-state index in [0.717, 1.165) is 31.7 Å². The third-order valence-corrected chi connectivity index (χ3v) is 3.95. The summed E-state index contributed by atoms with van der Waals surface area (Å²) in [6.45, 7) is 8.24. The lowest BCUT2D eigenvalue weighted by Crippen LogP contribution is -2.22. The van der Waals surface area contributed by atoms with E-state index in [4.69, 9.17) is 4.74 Å². The molecule has 2 nitrogen and oxygen atoms in total. The molecule has 0 amide bonds. The van der Waals surface area contributed by atoms with Crippen LogP contribution in [0.3, 0.4) is 0 Å². The van der Waals surface area contributed by atoms with Crippen molar-refractivity contribution in [1.29, 1.82) is 0 Å². The van der Waals surface area contributed by atoms with Crippen LogP contribution in [0, 0.1) is 6.92 Å². The Kier molecular flexibility index (Phi) is 6.47. The molecule has 0 radical (unpaired) electrons. The van der Waals surface area contributed by atoms with E-state index in [1.807, 2.05) is 6.07 Å². The van der Waals surface area contributed by atoms with Crippen LogP contribution in [0.2, 0.25) is 0 Å². The van der Waals surface area contributed by atoms with Gasteiger partial charge in [0.2, 0.25) is 0 Å². The van der Waals surface area contributed by atoms with E-state index in [1.165, 1.54) is 16.7 Å². The standard InChI is InChI=1S/C20H27NO/c1-4-15-22-20-12-8-7-11-19(20)17(3)21-14-13-18-10-6-5-9-16(18)2/h5-12,17,21H,4,13-15H2,1-3H3. The third-order valence-electron chi connectivity index (χ3n) is 3.95. The van der Waals surface area contributed by atoms with Gasteiger partial charge in [0.1, 0.15) is 5.75 Å². The van der Waals surface area contributed by atoms with Crippen LogP contribution in [0.15, 0.2) is 48.5 Å². The molecule has 2 rings (SSSR count). The van der Waals surface area contributed by atoms with Gasteiger partial charge in [0.25, 0.3) is 0 Å². The Morgan fingerprint density at radius 2 is 1.77 bits per heavy atom. The molecular formula is C20H27NO. The molecule has 0 bridgehead atoms. The van der Waals surface area contributed by atoms with Crippen LogP contribution in [0.25, 0.3) is 0 Å². The second-order valence-electron chi connectivity index (χ2n) is 5.74. The van der Waals surface area contributed by atoms with Gasteiger partial charge in [0, 0.05) is 11.6 Å². The molecule has 2 aromatic carbocycles. The Hall–Kier alpha value is -1.80. The van der Waals surface area contributed by atoms with Crippen LogP contribution in [0.4, 0.5) is 0 Å². The van der Waals surface area contributed by atoms with Gasteiger partial charge in [-0.3, -0.25) is 0 Å². The molecule has 22 heavy (non-hydrogen) atoms. The highest BCUT2D eigenvalue weighted by Gasteiger charge is 2.10. The van der Waals surface area contributed by atoms with Crippen LogP contribution < -0.4 is 10.1 Å². The molecule has 0 saturated heterocycles. The zero-order valence-electron chi connectivity index (χ0n) is 13.9. The first-order valence-electron chi connectivity index (χ1n) is 8.22. The van der Waals surface area contributed by atoms with Crippen LogP contribution >= 0.6 is 0 Å². The lowest BCUT2D eigenvalue weighted by atomic mass is 10.0. The van der Waals surface area contributed by atoms with Crippen LogP contribution in [0.1, 0.15) is 43.0 Å². The maximum Gasteiger partial charge on any atom is 0.124 e. The smallest absolute Gasteiger partial charge is 0.124 e. The Balaban J connectivity index is 1.92. The van der Waals surface area contributed by atoms with Crippen molar-refractivity contribution in [3.8, 4) is 5.75 Å². The average molecular weight is 297 g/mol.